The number of aromatic nitrogens is 1. The molecule has 3 nitrogen and oxygen atoms in total. The van der Waals surface area contributed by atoms with E-state index < -0.39 is 5.82 Å². The summed E-state index contributed by atoms with van der Waals surface area (Å²) in [7, 11) is 0. The highest BCUT2D eigenvalue weighted by molar-refractivity contribution is 6.30. The molecule has 0 aliphatic carbocycles. The van der Waals surface area contributed by atoms with Gasteiger partial charge in [-0.05, 0) is 23.8 Å². The normalized spacial score (nSPS) is 10.7. The molecule has 0 aliphatic heterocycles. The van der Waals surface area contributed by atoms with Crippen LogP contribution >= 0.6 is 11.6 Å². The second-order valence-corrected chi connectivity index (χ2v) is 4.70. The Balaban J connectivity index is 2.24. The van der Waals surface area contributed by atoms with Crippen molar-refractivity contribution in [1.29, 1.82) is 0 Å². The van der Waals surface area contributed by atoms with Gasteiger partial charge in [0.05, 0.1) is 5.56 Å². The zero-order valence-corrected chi connectivity index (χ0v) is 11.1. The van der Waals surface area contributed by atoms with E-state index in [1.807, 2.05) is 30.3 Å². The maximum absolute atomic E-state index is 14.0. The molecule has 5 heteroatoms. The van der Waals surface area contributed by atoms with E-state index >= 15 is 0 Å². The molecule has 1 heterocycles. The fraction of sp³-hybridized carbons (Fsp3) is 0. The van der Waals surface area contributed by atoms with Crippen LogP contribution in [0.3, 0.4) is 0 Å². The number of rotatable bonds is 2. The molecular formula is C15H10ClFN2O. The molecule has 3 rings (SSSR count). The smallest absolute Gasteiger partial charge is 0.230 e. The van der Waals surface area contributed by atoms with Gasteiger partial charge in [0.15, 0.2) is 0 Å². The van der Waals surface area contributed by atoms with Gasteiger partial charge in [0.25, 0.3) is 0 Å². The van der Waals surface area contributed by atoms with Gasteiger partial charge in [-0.2, -0.15) is 0 Å². The summed E-state index contributed by atoms with van der Waals surface area (Å²) in [4.78, 5) is 0. The summed E-state index contributed by atoms with van der Waals surface area (Å²) in [6.45, 7) is 0. The molecule has 0 bridgehead atoms. The van der Waals surface area contributed by atoms with Crippen LogP contribution in [0.25, 0.3) is 22.4 Å². The van der Waals surface area contributed by atoms with Gasteiger partial charge in [0, 0.05) is 10.6 Å². The van der Waals surface area contributed by atoms with Crippen molar-refractivity contribution in [3.05, 3.63) is 59.4 Å². The molecule has 2 aromatic carbocycles. The first-order chi connectivity index (χ1) is 9.66. The van der Waals surface area contributed by atoms with Gasteiger partial charge in [0.2, 0.25) is 5.88 Å². The molecular weight excluding hydrogens is 279 g/mol. The molecule has 3 aromatic rings. The summed E-state index contributed by atoms with van der Waals surface area (Å²) in [5, 5.41) is 4.28. The lowest BCUT2D eigenvalue weighted by atomic mass is 10.0. The summed E-state index contributed by atoms with van der Waals surface area (Å²) in [5.41, 5.74) is 7.78. The monoisotopic (exact) mass is 288 g/mol. The van der Waals surface area contributed by atoms with E-state index in [1.165, 1.54) is 18.2 Å². The predicted octanol–water partition coefficient (Wildman–Crippen LogP) is 4.38. The Morgan fingerprint density at radius 1 is 1.10 bits per heavy atom. The highest BCUT2D eigenvalue weighted by Crippen LogP contribution is 2.37. The minimum atomic E-state index is -0.431. The van der Waals surface area contributed by atoms with Crippen LogP contribution in [0.5, 0.6) is 0 Å². The van der Waals surface area contributed by atoms with Crippen LogP contribution in [0.1, 0.15) is 0 Å². The molecule has 0 amide bonds. The lowest BCUT2D eigenvalue weighted by Crippen LogP contribution is -1.90. The number of nitrogens with two attached hydrogens (primary N) is 1. The van der Waals surface area contributed by atoms with Gasteiger partial charge in [-0.1, -0.05) is 47.1 Å². The van der Waals surface area contributed by atoms with Gasteiger partial charge in [0.1, 0.15) is 11.5 Å². The number of hydrogen-bond acceptors (Lipinski definition) is 3. The quantitative estimate of drug-likeness (QED) is 0.761. The zero-order chi connectivity index (χ0) is 14.1. The molecule has 20 heavy (non-hydrogen) atoms. The first kappa shape index (κ1) is 12.7. The van der Waals surface area contributed by atoms with Gasteiger partial charge < -0.3 is 10.3 Å². The second-order valence-electron chi connectivity index (χ2n) is 4.26. The molecule has 0 radical (unpaired) electrons. The molecule has 0 saturated heterocycles. The van der Waals surface area contributed by atoms with Gasteiger partial charge >= 0.3 is 0 Å². The summed E-state index contributed by atoms with van der Waals surface area (Å²) in [5.74, 6) is -0.287. The SMILES string of the molecule is Nc1onc(-c2cc(Cl)ccc2F)c1-c1ccccc1. The summed E-state index contributed by atoms with van der Waals surface area (Å²) >= 11 is 5.92. The van der Waals surface area contributed by atoms with Crippen molar-refractivity contribution in [2.24, 2.45) is 0 Å². The van der Waals surface area contributed by atoms with E-state index in [0.29, 0.717) is 16.3 Å². The standard InChI is InChI=1S/C15H10ClFN2O/c16-10-6-7-12(17)11(8-10)14-13(15(18)20-19-14)9-4-2-1-3-5-9/h1-8H,18H2. The molecule has 0 fully saturated rings. The third kappa shape index (κ3) is 2.14. The first-order valence-electron chi connectivity index (χ1n) is 5.93. The average molecular weight is 289 g/mol. The number of halogens is 2. The zero-order valence-electron chi connectivity index (χ0n) is 10.3. The Bertz CT molecular complexity index is 756. The van der Waals surface area contributed by atoms with Crippen molar-refractivity contribution in [3.63, 3.8) is 0 Å². The van der Waals surface area contributed by atoms with Crippen molar-refractivity contribution in [1.82, 2.24) is 5.16 Å². The largest absolute Gasteiger partial charge is 0.367 e. The number of anilines is 1. The second kappa shape index (κ2) is 4.98. The van der Waals surface area contributed by atoms with Gasteiger partial charge in [-0.25, -0.2) is 4.39 Å². The minimum absolute atomic E-state index is 0.144. The van der Waals surface area contributed by atoms with Crippen molar-refractivity contribution in [2.75, 3.05) is 5.73 Å². The number of benzene rings is 2. The first-order valence-corrected chi connectivity index (χ1v) is 6.30. The fourth-order valence-electron chi connectivity index (χ4n) is 2.05. The van der Waals surface area contributed by atoms with Crippen molar-refractivity contribution in [3.8, 4) is 22.4 Å². The molecule has 0 unspecified atom stereocenters. The maximum Gasteiger partial charge on any atom is 0.230 e. The van der Waals surface area contributed by atoms with E-state index in [0.717, 1.165) is 5.56 Å². The number of nitrogens with zero attached hydrogens (tertiary/aromatic N) is 1. The molecule has 0 saturated carbocycles. The van der Waals surface area contributed by atoms with Crippen LogP contribution in [0.15, 0.2) is 53.1 Å². The molecule has 2 N–H and O–H groups in total. The van der Waals surface area contributed by atoms with E-state index in [2.05, 4.69) is 5.16 Å². The average Bonchev–Trinajstić information content (AvgIpc) is 2.84. The van der Waals surface area contributed by atoms with Crippen LogP contribution in [0, 0.1) is 5.82 Å². The van der Waals surface area contributed by atoms with E-state index in [9.17, 15) is 4.39 Å². The Kier molecular flexibility index (Phi) is 3.16. The van der Waals surface area contributed by atoms with E-state index in [1.54, 1.807) is 0 Å². The summed E-state index contributed by atoms with van der Waals surface area (Å²) < 4.78 is 19.0. The Morgan fingerprint density at radius 2 is 1.85 bits per heavy atom. The van der Waals surface area contributed by atoms with Gasteiger partial charge in [-0.15, -0.1) is 0 Å². The van der Waals surface area contributed by atoms with Crippen LogP contribution < -0.4 is 5.73 Å². The van der Waals surface area contributed by atoms with Gasteiger partial charge in [-0.3, -0.25) is 0 Å². The number of hydrogen-bond donors (Lipinski definition) is 1. The molecule has 0 atom stereocenters. The Morgan fingerprint density at radius 3 is 2.60 bits per heavy atom. The third-order valence-corrected chi connectivity index (χ3v) is 3.20. The maximum atomic E-state index is 14.0. The topological polar surface area (TPSA) is 52.0 Å². The van der Waals surface area contributed by atoms with E-state index in [4.69, 9.17) is 21.9 Å². The molecule has 0 spiro atoms. The highest BCUT2D eigenvalue weighted by atomic mass is 35.5. The fourth-order valence-corrected chi connectivity index (χ4v) is 2.22. The lowest BCUT2D eigenvalue weighted by molar-refractivity contribution is 0.439. The molecule has 100 valence electrons. The number of nitrogen functional groups attached to an aromatic ring is 1. The molecule has 1 aromatic heterocycles. The van der Waals surface area contributed by atoms with Crippen LogP contribution in [0.2, 0.25) is 5.02 Å². The third-order valence-electron chi connectivity index (χ3n) is 2.96. The summed E-state index contributed by atoms with van der Waals surface area (Å²) in [6, 6.07) is 13.6. The predicted molar refractivity (Wildman–Crippen MR) is 76.8 cm³/mol. The van der Waals surface area contributed by atoms with Crippen LogP contribution in [-0.4, -0.2) is 5.16 Å². The summed E-state index contributed by atoms with van der Waals surface area (Å²) in [6.07, 6.45) is 0. The Labute approximate surface area is 119 Å². The van der Waals surface area contributed by atoms with E-state index in [-0.39, 0.29) is 11.4 Å². The lowest BCUT2D eigenvalue weighted by Gasteiger charge is -2.04. The van der Waals surface area contributed by atoms with Crippen LogP contribution in [0.4, 0.5) is 10.3 Å². The molecule has 0 aliphatic rings. The minimum Gasteiger partial charge on any atom is -0.367 e. The highest BCUT2D eigenvalue weighted by Gasteiger charge is 2.20. The van der Waals surface area contributed by atoms with Crippen LogP contribution in [-0.2, 0) is 0 Å². The van der Waals surface area contributed by atoms with Crippen molar-refractivity contribution in [2.45, 2.75) is 0 Å². The Hall–Kier alpha value is -2.33. The van der Waals surface area contributed by atoms with Crippen molar-refractivity contribution < 1.29 is 8.91 Å². The van der Waals surface area contributed by atoms with Crippen molar-refractivity contribution >= 4 is 17.5 Å².